The molecule has 0 aliphatic heterocycles. The van der Waals surface area contributed by atoms with Crippen molar-refractivity contribution in [3.8, 4) is 0 Å². The number of aryl methyl sites for hydroxylation is 3. The molecule has 0 aromatic heterocycles. The molecule has 2 aromatic carbocycles. The lowest BCUT2D eigenvalue weighted by atomic mass is 10.1. The summed E-state index contributed by atoms with van der Waals surface area (Å²) >= 11 is 0. The van der Waals surface area contributed by atoms with Gasteiger partial charge < -0.3 is 5.32 Å². The molecule has 1 N–H and O–H groups in total. The van der Waals surface area contributed by atoms with Crippen molar-refractivity contribution >= 4 is 17.7 Å². The van der Waals surface area contributed by atoms with Gasteiger partial charge in [0.15, 0.2) is 0 Å². The first-order valence-electron chi connectivity index (χ1n) is 6.78. The first-order chi connectivity index (χ1) is 9.95. The Hall–Kier alpha value is -2.42. The largest absolute Gasteiger partial charge is 0.322 e. The lowest BCUT2D eigenvalue weighted by Gasteiger charge is -2.06. The molecule has 0 spiro atoms. The lowest BCUT2D eigenvalue weighted by molar-refractivity contribution is -0.111. The Morgan fingerprint density at radius 2 is 1.81 bits per heavy atom. The summed E-state index contributed by atoms with van der Waals surface area (Å²) < 4.78 is 13.2. The molecule has 0 saturated carbocycles. The van der Waals surface area contributed by atoms with Gasteiger partial charge in [-0.1, -0.05) is 29.8 Å². The van der Waals surface area contributed by atoms with Crippen LogP contribution in [0.5, 0.6) is 0 Å². The average molecular weight is 283 g/mol. The Kier molecular flexibility index (Phi) is 4.53. The Balaban J connectivity index is 2.11. The van der Waals surface area contributed by atoms with Crippen LogP contribution in [0.2, 0.25) is 0 Å². The van der Waals surface area contributed by atoms with Gasteiger partial charge in [0.05, 0.1) is 0 Å². The number of nitrogens with one attached hydrogen (secondary N) is 1. The van der Waals surface area contributed by atoms with Crippen molar-refractivity contribution in [1.29, 1.82) is 0 Å². The van der Waals surface area contributed by atoms with Crippen LogP contribution in [0, 0.1) is 26.6 Å². The smallest absolute Gasteiger partial charge is 0.248 e. The van der Waals surface area contributed by atoms with E-state index in [1.54, 1.807) is 12.1 Å². The van der Waals surface area contributed by atoms with Crippen molar-refractivity contribution in [3.63, 3.8) is 0 Å². The van der Waals surface area contributed by atoms with Gasteiger partial charge in [0.25, 0.3) is 0 Å². The predicted octanol–water partition coefficient (Wildman–Crippen LogP) is 4.40. The van der Waals surface area contributed by atoms with Gasteiger partial charge in [0.2, 0.25) is 5.91 Å². The lowest BCUT2D eigenvalue weighted by Crippen LogP contribution is -2.09. The van der Waals surface area contributed by atoms with E-state index in [9.17, 15) is 9.18 Å². The number of carbonyl (C=O) groups is 1. The van der Waals surface area contributed by atoms with Crippen LogP contribution in [0.4, 0.5) is 10.1 Å². The molecule has 2 aromatic rings. The molecule has 0 aliphatic rings. The number of anilines is 1. The molecule has 0 saturated heterocycles. The molecule has 108 valence electrons. The van der Waals surface area contributed by atoms with E-state index in [2.05, 4.69) is 11.4 Å². The van der Waals surface area contributed by atoms with Gasteiger partial charge in [0, 0.05) is 11.8 Å². The second-order valence-electron chi connectivity index (χ2n) is 5.14. The molecule has 21 heavy (non-hydrogen) atoms. The van der Waals surface area contributed by atoms with Gasteiger partial charge >= 0.3 is 0 Å². The summed E-state index contributed by atoms with van der Waals surface area (Å²) in [6.07, 6.45) is 3.22. The second kappa shape index (κ2) is 6.35. The van der Waals surface area contributed by atoms with Gasteiger partial charge in [-0.25, -0.2) is 4.39 Å². The van der Waals surface area contributed by atoms with Crippen LogP contribution in [0.1, 0.15) is 22.3 Å². The zero-order chi connectivity index (χ0) is 15.4. The van der Waals surface area contributed by atoms with E-state index in [-0.39, 0.29) is 11.7 Å². The molecule has 2 nitrogen and oxygen atoms in total. The second-order valence-corrected chi connectivity index (χ2v) is 5.14. The highest BCUT2D eigenvalue weighted by Gasteiger charge is 2.03. The summed E-state index contributed by atoms with van der Waals surface area (Å²) in [4.78, 5) is 11.9. The van der Waals surface area contributed by atoms with Crippen LogP contribution >= 0.6 is 0 Å². The van der Waals surface area contributed by atoms with E-state index < -0.39 is 0 Å². The van der Waals surface area contributed by atoms with Gasteiger partial charge in [0.1, 0.15) is 5.82 Å². The number of amides is 1. The van der Waals surface area contributed by atoms with Gasteiger partial charge in [-0.15, -0.1) is 0 Å². The van der Waals surface area contributed by atoms with Gasteiger partial charge in [-0.05, 0) is 55.7 Å². The van der Waals surface area contributed by atoms with E-state index in [0.29, 0.717) is 5.69 Å². The monoisotopic (exact) mass is 283 g/mol. The third-order valence-electron chi connectivity index (χ3n) is 3.30. The molecule has 0 aliphatic carbocycles. The SMILES string of the molecule is Cc1ccc(/C=C/C(=O)Nc2cc(F)ccc2C)c(C)c1. The predicted molar refractivity (Wildman–Crippen MR) is 84.7 cm³/mol. The minimum absolute atomic E-state index is 0.274. The van der Waals surface area contributed by atoms with Crippen molar-refractivity contribution in [2.24, 2.45) is 0 Å². The maximum absolute atomic E-state index is 13.2. The Labute approximate surface area is 124 Å². The van der Waals surface area contributed by atoms with Gasteiger partial charge in [-0.2, -0.15) is 0 Å². The molecule has 0 heterocycles. The van der Waals surface area contributed by atoms with Crippen LogP contribution in [-0.4, -0.2) is 5.91 Å². The summed E-state index contributed by atoms with van der Waals surface area (Å²) in [5.41, 5.74) is 4.60. The molecular formula is C18H18FNO. The molecule has 0 bridgehead atoms. The average Bonchev–Trinajstić information content (AvgIpc) is 2.42. The number of benzene rings is 2. The number of hydrogen-bond acceptors (Lipinski definition) is 1. The number of carbonyl (C=O) groups excluding carboxylic acids is 1. The molecule has 0 radical (unpaired) electrons. The summed E-state index contributed by atoms with van der Waals surface area (Å²) in [6.45, 7) is 5.85. The molecular weight excluding hydrogens is 265 g/mol. The molecule has 2 rings (SSSR count). The Bertz CT molecular complexity index is 704. The van der Waals surface area contributed by atoms with Crippen LogP contribution in [-0.2, 0) is 4.79 Å². The maximum atomic E-state index is 13.2. The first kappa shape index (κ1) is 15.0. The minimum atomic E-state index is -0.366. The van der Waals surface area contributed by atoms with E-state index in [0.717, 1.165) is 16.7 Å². The summed E-state index contributed by atoms with van der Waals surface area (Å²) in [7, 11) is 0. The zero-order valence-electron chi connectivity index (χ0n) is 12.4. The highest BCUT2D eigenvalue weighted by molar-refractivity contribution is 6.02. The maximum Gasteiger partial charge on any atom is 0.248 e. The molecule has 0 unspecified atom stereocenters. The fraction of sp³-hybridized carbons (Fsp3) is 0.167. The fourth-order valence-corrected chi connectivity index (χ4v) is 2.08. The van der Waals surface area contributed by atoms with E-state index in [4.69, 9.17) is 0 Å². The zero-order valence-corrected chi connectivity index (χ0v) is 12.4. The number of hydrogen-bond donors (Lipinski definition) is 1. The highest BCUT2D eigenvalue weighted by atomic mass is 19.1. The Morgan fingerprint density at radius 3 is 2.52 bits per heavy atom. The molecule has 1 amide bonds. The van der Waals surface area contributed by atoms with E-state index >= 15 is 0 Å². The van der Waals surface area contributed by atoms with Gasteiger partial charge in [-0.3, -0.25) is 4.79 Å². The van der Waals surface area contributed by atoms with Crippen LogP contribution < -0.4 is 5.32 Å². The summed E-state index contributed by atoms with van der Waals surface area (Å²) in [6, 6.07) is 10.4. The standard InChI is InChI=1S/C18H18FNO/c1-12-4-6-15(14(3)10-12)7-9-18(21)20-17-11-16(19)8-5-13(17)2/h4-11H,1-3H3,(H,20,21)/b9-7+. The number of rotatable bonds is 3. The van der Waals surface area contributed by atoms with Crippen molar-refractivity contribution < 1.29 is 9.18 Å². The van der Waals surface area contributed by atoms with Crippen LogP contribution in [0.25, 0.3) is 6.08 Å². The third kappa shape index (κ3) is 4.02. The Morgan fingerprint density at radius 1 is 1.05 bits per heavy atom. The highest BCUT2D eigenvalue weighted by Crippen LogP contribution is 2.16. The molecule has 0 fully saturated rings. The number of halogens is 1. The summed E-state index contributed by atoms with van der Waals surface area (Å²) in [5.74, 6) is -0.641. The first-order valence-corrected chi connectivity index (χ1v) is 6.78. The van der Waals surface area contributed by atoms with Crippen LogP contribution in [0.15, 0.2) is 42.5 Å². The topological polar surface area (TPSA) is 29.1 Å². The summed E-state index contributed by atoms with van der Waals surface area (Å²) in [5, 5.41) is 2.69. The van der Waals surface area contributed by atoms with Crippen molar-refractivity contribution in [3.05, 3.63) is 70.5 Å². The van der Waals surface area contributed by atoms with Crippen LogP contribution in [0.3, 0.4) is 0 Å². The van der Waals surface area contributed by atoms with Crippen molar-refractivity contribution in [2.75, 3.05) is 5.32 Å². The van der Waals surface area contributed by atoms with Crippen molar-refractivity contribution in [2.45, 2.75) is 20.8 Å². The van der Waals surface area contributed by atoms with E-state index in [1.165, 1.54) is 23.8 Å². The van der Waals surface area contributed by atoms with E-state index in [1.807, 2.05) is 32.9 Å². The van der Waals surface area contributed by atoms with Crippen molar-refractivity contribution in [1.82, 2.24) is 0 Å². The normalized spacial score (nSPS) is 10.9. The molecule has 3 heteroatoms. The molecule has 0 atom stereocenters. The quantitative estimate of drug-likeness (QED) is 0.831. The third-order valence-corrected chi connectivity index (χ3v) is 3.30. The minimum Gasteiger partial charge on any atom is -0.322 e. The fourth-order valence-electron chi connectivity index (χ4n) is 2.08.